The molecule has 2 heterocycles. The maximum atomic E-state index is 13.2. The Bertz CT molecular complexity index is 740. The summed E-state index contributed by atoms with van der Waals surface area (Å²) in [5.74, 6) is 0.302. The highest BCUT2D eigenvalue weighted by atomic mass is 79.9. The number of nitrogens with one attached hydrogen (secondary N) is 1. The van der Waals surface area contributed by atoms with E-state index in [4.69, 9.17) is 9.47 Å². The van der Waals surface area contributed by atoms with Crippen LogP contribution in [0.3, 0.4) is 0 Å². The lowest BCUT2D eigenvalue weighted by Crippen LogP contribution is -2.60. The molecule has 2 fully saturated rings. The van der Waals surface area contributed by atoms with Gasteiger partial charge in [0, 0.05) is 29.6 Å². The van der Waals surface area contributed by atoms with Gasteiger partial charge >= 0.3 is 6.03 Å². The zero-order chi connectivity index (χ0) is 17.8. The molecule has 1 aromatic rings. The summed E-state index contributed by atoms with van der Waals surface area (Å²) in [4.78, 5) is 26.7. The Kier molecular flexibility index (Phi) is 4.03. The number of carbonyl (C=O) groups excluding carboxylic acids is 2. The number of likely N-dealkylation sites (N-methyl/N-ethyl adjacent to an activating group) is 1. The molecule has 1 N–H and O–H groups in total. The van der Waals surface area contributed by atoms with Gasteiger partial charge in [0.25, 0.3) is 5.91 Å². The number of benzene rings is 1. The van der Waals surface area contributed by atoms with Crippen molar-refractivity contribution in [1.29, 1.82) is 0 Å². The van der Waals surface area contributed by atoms with Crippen LogP contribution in [0.5, 0.6) is 5.75 Å². The molecule has 3 aliphatic rings. The van der Waals surface area contributed by atoms with Crippen molar-refractivity contribution in [2.24, 2.45) is 5.92 Å². The molecule has 1 saturated carbocycles. The summed E-state index contributed by atoms with van der Waals surface area (Å²) in [6.07, 6.45) is 2.36. The number of halogens is 1. The van der Waals surface area contributed by atoms with Crippen molar-refractivity contribution in [2.45, 2.75) is 43.9 Å². The minimum Gasteiger partial charge on any atom is -0.490 e. The number of hydrogen-bond donors (Lipinski definition) is 1. The number of amides is 3. The molecule has 25 heavy (non-hydrogen) atoms. The van der Waals surface area contributed by atoms with Crippen LogP contribution in [0.2, 0.25) is 0 Å². The molecule has 2 aliphatic heterocycles. The van der Waals surface area contributed by atoms with Gasteiger partial charge in [-0.2, -0.15) is 0 Å². The fourth-order valence-corrected chi connectivity index (χ4v) is 4.82. The van der Waals surface area contributed by atoms with Crippen molar-refractivity contribution in [1.82, 2.24) is 10.2 Å². The molecule has 1 aromatic carbocycles. The van der Waals surface area contributed by atoms with Crippen LogP contribution in [0.1, 0.15) is 31.7 Å². The zero-order valence-electron chi connectivity index (χ0n) is 14.3. The Balaban J connectivity index is 1.85. The number of nitrogens with zero attached hydrogens (tertiary/aromatic N) is 1. The highest BCUT2D eigenvalue weighted by molar-refractivity contribution is 9.10. The van der Waals surface area contributed by atoms with Crippen LogP contribution >= 0.6 is 15.9 Å². The van der Waals surface area contributed by atoms with Crippen molar-refractivity contribution in [3.05, 3.63) is 28.2 Å². The van der Waals surface area contributed by atoms with Crippen LogP contribution in [0.15, 0.2) is 22.7 Å². The van der Waals surface area contributed by atoms with Gasteiger partial charge in [0.1, 0.15) is 11.9 Å². The third kappa shape index (κ3) is 2.39. The van der Waals surface area contributed by atoms with E-state index in [0.717, 1.165) is 22.9 Å². The Labute approximate surface area is 155 Å². The Hall–Kier alpha value is -1.60. The van der Waals surface area contributed by atoms with Gasteiger partial charge in [-0.3, -0.25) is 9.69 Å². The fourth-order valence-electron chi connectivity index (χ4n) is 4.46. The number of rotatable bonds is 2. The summed E-state index contributed by atoms with van der Waals surface area (Å²) in [5.41, 5.74) is -0.355. The molecule has 0 unspecified atom stereocenters. The minimum atomic E-state index is -1.08. The van der Waals surface area contributed by atoms with Gasteiger partial charge in [-0.1, -0.05) is 15.9 Å². The molecule has 1 aliphatic carbocycles. The van der Waals surface area contributed by atoms with Gasteiger partial charge in [0.15, 0.2) is 5.54 Å². The van der Waals surface area contributed by atoms with E-state index in [1.807, 2.05) is 25.1 Å². The van der Waals surface area contributed by atoms with E-state index < -0.39 is 5.54 Å². The Morgan fingerprint density at radius 3 is 2.88 bits per heavy atom. The molecule has 4 rings (SSSR count). The summed E-state index contributed by atoms with van der Waals surface area (Å²) in [6, 6.07) is 5.27. The molecule has 7 heteroatoms. The molecule has 1 spiro atoms. The molecule has 0 radical (unpaired) electrons. The van der Waals surface area contributed by atoms with E-state index in [2.05, 4.69) is 21.2 Å². The number of ether oxygens (including phenoxy) is 2. The topological polar surface area (TPSA) is 67.9 Å². The summed E-state index contributed by atoms with van der Waals surface area (Å²) in [7, 11) is 1.53. The van der Waals surface area contributed by atoms with Crippen LogP contribution in [-0.2, 0) is 15.1 Å². The summed E-state index contributed by atoms with van der Waals surface area (Å²) in [5, 5.41) is 3.00. The molecule has 0 aromatic heterocycles. The zero-order valence-corrected chi connectivity index (χ0v) is 15.8. The summed E-state index contributed by atoms with van der Waals surface area (Å²) >= 11 is 3.48. The van der Waals surface area contributed by atoms with Gasteiger partial charge in [-0.15, -0.1) is 0 Å². The standard InChI is InChI=1S/C18H21BrN2O4/c1-3-24-11-5-7-15-13(9-11)18(16(22)21(2)17(23)20-18)12-8-10(19)4-6-14(12)25-15/h4,6,8,11,13,15H,3,5,7,9H2,1-2H3,(H,20,23)/t11-,13-,15-,18-/m0/s1. The molecular weight excluding hydrogens is 388 g/mol. The average Bonchev–Trinajstić information content (AvgIpc) is 2.82. The minimum absolute atomic E-state index is 0.0797. The van der Waals surface area contributed by atoms with Gasteiger partial charge in [0.05, 0.1) is 6.10 Å². The second-order valence-electron chi connectivity index (χ2n) is 6.90. The van der Waals surface area contributed by atoms with E-state index >= 15 is 0 Å². The number of fused-ring (bicyclic) bond motifs is 4. The fraction of sp³-hybridized carbons (Fsp3) is 0.556. The quantitative estimate of drug-likeness (QED) is 0.763. The SMILES string of the molecule is CCO[C@H]1CC[C@@H]2Oc3ccc(Br)cc3[C@]3(NC(=O)N(C)C3=O)[C@H]2C1. The average molecular weight is 409 g/mol. The van der Waals surface area contributed by atoms with E-state index in [0.29, 0.717) is 18.8 Å². The highest BCUT2D eigenvalue weighted by Gasteiger charge is 2.62. The van der Waals surface area contributed by atoms with Crippen molar-refractivity contribution in [3.8, 4) is 5.75 Å². The molecular formula is C18H21BrN2O4. The van der Waals surface area contributed by atoms with Crippen LogP contribution in [0.25, 0.3) is 0 Å². The van der Waals surface area contributed by atoms with E-state index in [9.17, 15) is 9.59 Å². The smallest absolute Gasteiger partial charge is 0.325 e. The number of imide groups is 1. The second-order valence-corrected chi connectivity index (χ2v) is 7.81. The lowest BCUT2D eigenvalue weighted by Gasteiger charge is -2.48. The van der Waals surface area contributed by atoms with Crippen LogP contribution in [0.4, 0.5) is 4.79 Å². The van der Waals surface area contributed by atoms with Crippen LogP contribution < -0.4 is 10.1 Å². The molecule has 1 saturated heterocycles. The predicted octanol–water partition coefficient (Wildman–Crippen LogP) is 2.79. The maximum absolute atomic E-state index is 13.2. The van der Waals surface area contributed by atoms with Crippen molar-refractivity contribution in [2.75, 3.05) is 13.7 Å². The second kappa shape index (κ2) is 5.99. The summed E-state index contributed by atoms with van der Waals surface area (Å²) < 4.78 is 12.9. The molecule has 4 atom stereocenters. The van der Waals surface area contributed by atoms with E-state index in [1.165, 1.54) is 11.9 Å². The van der Waals surface area contributed by atoms with E-state index in [-0.39, 0.29) is 30.1 Å². The monoisotopic (exact) mass is 408 g/mol. The number of carbonyl (C=O) groups is 2. The lowest BCUT2D eigenvalue weighted by molar-refractivity contribution is -0.139. The Morgan fingerprint density at radius 2 is 2.20 bits per heavy atom. The van der Waals surface area contributed by atoms with E-state index in [1.54, 1.807) is 0 Å². The first-order valence-electron chi connectivity index (χ1n) is 8.66. The van der Waals surface area contributed by atoms with Gasteiger partial charge in [0.2, 0.25) is 0 Å². The third-order valence-electron chi connectivity index (χ3n) is 5.59. The maximum Gasteiger partial charge on any atom is 0.325 e. The predicted molar refractivity (Wildman–Crippen MR) is 94.3 cm³/mol. The van der Waals surface area contributed by atoms with Crippen LogP contribution in [0, 0.1) is 5.92 Å². The normalized spacial score (nSPS) is 33.7. The molecule has 134 valence electrons. The highest BCUT2D eigenvalue weighted by Crippen LogP contribution is 2.51. The number of urea groups is 1. The first kappa shape index (κ1) is 16.8. The molecule has 6 nitrogen and oxygen atoms in total. The van der Waals surface area contributed by atoms with Crippen LogP contribution in [-0.4, -0.2) is 42.7 Å². The molecule has 3 amide bonds. The first-order valence-corrected chi connectivity index (χ1v) is 9.45. The molecule has 0 bridgehead atoms. The van der Waals surface area contributed by atoms with Gasteiger partial charge in [-0.05, 0) is 44.4 Å². The van der Waals surface area contributed by atoms with Crippen molar-refractivity contribution >= 4 is 27.9 Å². The van der Waals surface area contributed by atoms with Crippen molar-refractivity contribution < 1.29 is 19.1 Å². The first-order chi connectivity index (χ1) is 12.0. The third-order valence-corrected chi connectivity index (χ3v) is 6.09. The Morgan fingerprint density at radius 1 is 1.40 bits per heavy atom. The largest absolute Gasteiger partial charge is 0.490 e. The van der Waals surface area contributed by atoms with Gasteiger partial charge in [-0.25, -0.2) is 4.79 Å². The number of hydrogen-bond acceptors (Lipinski definition) is 4. The summed E-state index contributed by atoms with van der Waals surface area (Å²) in [6.45, 7) is 2.61. The van der Waals surface area contributed by atoms with Crippen molar-refractivity contribution in [3.63, 3.8) is 0 Å². The lowest BCUT2D eigenvalue weighted by atomic mass is 9.67. The van der Waals surface area contributed by atoms with Gasteiger partial charge < -0.3 is 14.8 Å².